The summed E-state index contributed by atoms with van der Waals surface area (Å²) >= 11 is 0. The summed E-state index contributed by atoms with van der Waals surface area (Å²) < 4.78 is 5.43. The molecule has 0 radical (unpaired) electrons. The molecule has 1 aliphatic rings. The van der Waals surface area contributed by atoms with Crippen molar-refractivity contribution in [1.82, 2.24) is 0 Å². The Morgan fingerprint density at radius 1 is 1.00 bits per heavy atom. The second kappa shape index (κ2) is 7.80. The van der Waals surface area contributed by atoms with Crippen LogP contribution in [0, 0.1) is 12.8 Å². The summed E-state index contributed by atoms with van der Waals surface area (Å²) in [5.74, 6) is 1.94. The van der Waals surface area contributed by atoms with Crippen LogP contribution >= 0.6 is 0 Å². The van der Waals surface area contributed by atoms with Gasteiger partial charge in [-0.15, -0.1) is 0 Å². The van der Waals surface area contributed by atoms with E-state index in [4.69, 9.17) is 4.74 Å². The summed E-state index contributed by atoms with van der Waals surface area (Å²) in [4.78, 5) is 12.3. The number of rotatable bonds is 4. The second-order valence-corrected chi connectivity index (χ2v) is 7.77. The molecular formula is C21H26O2Si. The molecule has 24 heavy (non-hydrogen) atoms. The number of aryl methyl sites for hydroxylation is 1. The van der Waals surface area contributed by atoms with E-state index in [9.17, 15) is 4.79 Å². The topological polar surface area (TPSA) is 26.3 Å². The number of carbonyl (C=O) groups is 1. The molecule has 0 amide bonds. The summed E-state index contributed by atoms with van der Waals surface area (Å²) in [5.41, 5.74) is 3.14. The van der Waals surface area contributed by atoms with Crippen LogP contribution in [-0.2, 0) is 0 Å². The average molecular weight is 339 g/mol. The molecule has 0 aromatic heterocycles. The van der Waals surface area contributed by atoms with Gasteiger partial charge in [0.15, 0.2) is 0 Å². The number of carbonyl (C=O) groups excluding carboxylic acids is 1. The Morgan fingerprint density at radius 2 is 1.62 bits per heavy atom. The Bertz CT molecular complexity index is 668. The first-order chi connectivity index (χ1) is 11.7. The summed E-state index contributed by atoms with van der Waals surface area (Å²) in [5, 5.41) is 0. The lowest BCUT2D eigenvalue weighted by Crippen LogP contribution is -2.13. The number of ether oxygens (including phenoxy) is 1. The summed E-state index contributed by atoms with van der Waals surface area (Å²) in [7, 11) is 1.33. The normalized spacial score (nSPS) is 20.7. The van der Waals surface area contributed by atoms with Crippen molar-refractivity contribution in [2.75, 3.05) is 0 Å². The van der Waals surface area contributed by atoms with Crippen molar-refractivity contribution in [3.05, 3.63) is 65.2 Å². The Hall–Kier alpha value is -1.87. The fraction of sp³-hybridized carbons (Fsp3) is 0.381. The Labute approximate surface area is 147 Å². The molecule has 0 bridgehead atoms. The highest BCUT2D eigenvalue weighted by molar-refractivity contribution is 6.08. The van der Waals surface area contributed by atoms with Crippen LogP contribution in [0.1, 0.15) is 53.1 Å². The molecule has 0 N–H and O–H groups in total. The maximum Gasteiger partial charge on any atom is 0.343 e. The van der Waals surface area contributed by atoms with Crippen LogP contribution in [0.4, 0.5) is 0 Å². The number of benzene rings is 2. The van der Waals surface area contributed by atoms with E-state index in [2.05, 4.69) is 12.1 Å². The molecule has 0 saturated heterocycles. The van der Waals surface area contributed by atoms with Crippen LogP contribution < -0.4 is 4.74 Å². The van der Waals surface area contributed by atoms with Crippen molar-refractivity contribution in [1.29, 1.82) is 0 Å². The van der Waals surface area contributed by atoms with Gasteiger partial charge in [0.25, 0.3) is 0 Å². The van der Waals surface area contributed by atoms with Crippen molar-refractivity contribution < 1.29 is 9.53 Å². The number of hydrogen-bond donors (Lipinski definition) is 0. The fourth-order valence-electron chi connectivity index (χ4n) is 3.57. The van der Waals surface area contributed by atoms with Gasteiger partial charge >= 0.3 is 5.97 Å². The van der Waals surface area contributed by atoms with Gasteiger partial charge in [0.1, 0.15) is 5.75 Å². The predicted molar refractivity (Wildman–Crippen MR) is 102 cm³/mol. The highest BCUT2D eigenvalue weighted by Crippen LogP contribution is 2.36. The zero-order valence-electron chi connectivity index (χ0n) is 14.6. The fourth-order valence-corrected chi connectivity index (χ4v) is 4.38. The van der Waals surface area contributed by atoms with Gasteiger partial charge in [-0.05, 0) is 61.4 Å². The molecular weight excluding hydrogens is 312 g/mol. The van der Waals surface area contributed by atoms with Crippen molar-refractivity contribution in [2.45, 2.75) is 44.6 Å². The Balaban J connectivity index is 1.61. The van der Waals surface area contributed by atoms with E-state index in [0.717, 1.165) is 11.5 Å². The minimum Gasteiger partial charge on any atom is -0.423 e. The van der Waals surface area contributed by atoms with E-state index < -0.39 is 0 Å². The van der Waals surface area contributed by atoms with E-state index >= 15 is 0 Å². The van der Waals surface area contributed by atoms with E-state index in [1.807, 2.05) is 43.3 Å². The molecule has 0 heterocycles. The smallest absolute Gasteiger partial charge is 0.343 e. The van der Waals surface area contributed by atoms with Crippen molar-refractivity contribution >= 4 is 16.2 Å². The van der Waals surface area contributed by atoms with Crippen LogP contribution in [0.5, 0.6) is 5.75 Å². The lowest BCUT2D eigenvalue weighted by atomic mass is 9.79. The molecule has 2 aromatic rings. The van der Waals surface area contributed by atoms with Crippen LogP contribution in [0.15, 0.2) is 48.5 Å². The van der Waals surface area contributed by atoms with Crippen molar-refractivity contribution in [3.8, 4) is 5.75 Å². The van der Waals surface area contributed by atoms with Crippen LogP contribution in [0.2, 0.25) is 6.04 Å². The number of hydrogen-bond acceptors (Lipinski definition) is 2. The molecule has 2 nitrogen and oxygen atoms in total. The van der Waals surface area contributed by atoms with Crippen LogP contribution in [0.25, 0.3) is 0 Å². The molecule has 0 unspecified atom stereocenters. The number of esters is 1. The molecule has 3 rings (SSSR count). The van der Waals surface area contributed by atoms with E-state index in [1.54, 1.807) is 0 Å². The lowest BCUT2D eigenvalue weighted by molar-refractivity contribution is 0.0734. The van der Waals surface area contributed by atoms with E-state index in [-0.39, 0.29) is 5.97 Å². The molecule has 126 valence electrons. The third-order valence-electron chi connectivity index (χ3n) is 5.27. The maximum atomic E-state index is 12.3. The maximum absolute atomic E-state index is 12.3. The summed E-state index contributed by atoms with van der Waals surface area (Å²) in [6.45, 7) is 2.01. The molecule has 2 aromatic carbocycles. The van der Waals surface area contributed by atoms with Gasteiger partial charge in [0.05, 0.1) is 5.56 Å². The third kappa shape index (κ3) is 4.15. The largest absolute Gasteiger partial charge is 0.423 e. The monoisotopic (exact) mass is 338 g/mol. The minimum atomic E-state index is -0.287. The lowest BCUT2D eigenvalue weighted by Gasteiger charge is -2.28. The van der Waals surface area contributed by atoms with Crippen molar-refractivity contribution in [2.24, 2.45) is 5.92 Å². The quantitative estimate of drug-likeness (QED) is 0.473. The Kier molecular flexibility index (Phi) is 5.51. The van der Waals surface area contributed by atoms with Crippen molar-refractivity contribution in [3.63, 3.8) is 0 Å². The molecule has 1 aliphatic carbocycles. The highest BCUT2D eigenvalue weighted by atomic mass is 28.1. The average Bonchev–Trinajstić information content (AvgIpc) is 2.64. The molecule has 0 spiro atoms. The molecule has 0 aliphatic heterocycles. The zero-order chi connectivity index (χ0) is 16.9. The SMILES string of the molecule is Cc1ccc(OC(=O)c2ccc(C3CCC(C[SiH3])CC3)cc2)cc1. The van der Waals surface area contributed by atoms with Gasteiger partial charge in [-0.2, -0.15) is 0 Å². The van der Waals surface area contributed by atoms with Gasteiger partial charge in [-0.3, -0.25) is 0 Å². The molecule has 1 saturated carbocycles. The van der Waals surface area contributed by atoms with Gasteiger partial charge in [0, 0.05) is 10.2 Å². The van der Waals surface area contributed by atoms with E-state index in [1.165, 1.54) is 47.5 Å². The molecule has 1 fully saturated rings. The van der Waals surface area contributed by atoms with Gasteiger partial charge in [0.2, 0.25) is 0 Å². The van der Waals surface area contributed by atoms with Gasteiger partial charge < -0.3 is 4.74 Å². The molecule has 0 atom stereocenters. The first-order valence-corrected chi connectivity index (χ1v) is 10.5. The minimum absolute atomic E-state index is 0.287. The van der Waals surface area contributed by atoms with Gasteiger partial charge in [-0.1, -0.05) is 48.7 Å². The predicted octanol–water partition coefficient (Wildman–Crippen LogP) is 4.27. The zero-order valence-corrected chi connectivity index (χ0v) is 16.6. The standard InChI is InChI=1S/C21H26O2Si/c1-15-2-12-20(13-3-15)23-21(22)19-10-8-18(9-11-19)17-6-4-16(14-24)5-7-17/h2-3,8-13,16-17H,4-7,14H2,1,24H3. The summed E-state index contributed by atoms with van der Waals surface area (Å²) in [6.07, 6.45) is 5.32. The highest BCUT2D eigenvalue weighted by Gasteiger charge is 2.21. The van der Waals surface area contributed by atoms with E-state index in [0.29, 0.717) is 17.2 Å². The Morgan fingerprint density at radius 3 is 2.21 bits per heavy atom. The first-order valence-electron chi connectivity index (χ1n) is 9.04. The first kappa shape index (κ1) is 17.0. The van der Waals surface area contributed by atoms with Crippen LogP contribution in [-0.4, -0.2) is 16.2 Å². The summed E-state index contributed by atoms with van der Waals surface area (Å²) in [6, 6.07) is 17.0. The molecule has 3 heteroatoms. The van der Waals surface area contributed by atoms with Gasteiger partial charge in [-0.25, -0.2) is 4.79 Å². The third-order valence-corrected chi connectivity index (χ3v) is 6.43. The van der Waals surface area contributed by atoms with Crippen LogP contribution in [0.3, 0.4) is 0 Å². The second-order valence-electron chi connectivity index (χ2n) is 6.95.